The van der Waals surface area contributed by atoms with E-state index in [9.17, 15) is 9.59 Å². The number of carboxylic acids is 1. The van der Waals surface area contributed by atoms with Crippen LogP contribution in [-0.2, 0) is 9.53 Å². The first-order valence-electron chi connectivity index (χ1n) is 5.99. The maximum absolute atomic E-state index is 12.0. The summed E-state index contributed by atoms with van der Waals surface area (Å²) in [7, 11) is 1.27. The Bertz CT molecular complexity index is 628. The Hall–Kier alpha value is -2.81. The zero-order chi connectivity index (χ0) is 15.2. The van der Waals surface area contributed by atoms with Crippen LogP contribution in [0.1, 0.15) is 10.4 Å². The highest BCUT2D eigenvalue weighted by Gasteiger charge is 2.17. The molecule has 0 spiro atoms. The minimum absolute atomic E-state index is 0.125. The predicted octanol–water partition coefficient (Wildman–Crippen LogP) is -0.508. The summed E-state index contributed by atoms with van der Waals surface area (Å²) in [4.78, 5) is 22.8. The Labute approximate surface area is 119 Å². The van der Waals surface area contributed by atoms with Crippen LogP contribution in [0.15, 0.2) is 30.6 Å². The lowest BCUT2D eigenvalue weighted by molar-refractivity contribution is -0.148. The summed E-state index contributed by atoms with van der Waals surface area (Å²) >= 11 is 0. The van der Waals surface area contributed by atoms with Crippen LogP contribution in [0.4, 0.5) is 0 Å². The number of ether oxygens (including phenoxy) is 1. The summed E-state index contributed by atoms with van der Waals surface area (Å²) < 4.78 is 6.14. The zero-order valence-electron chi connectivity index (χ0n) is 11.1. The Morgan fingerprint density at radius 3 is 2.90 bits per heavy atom. The molecule has 0 bridgehead atoms. The SMILES string of the molecule is COC(CNC(=O)c1cccc(-n2cnnn2)c1)C(=O)O. The van der Waals surface area contributed by atoms with Gasteiger partial charge in [-0.3, -0.25) is 4.79 Å². The van der Waals surface area contributed by atoms with Crippen molar-refractivity contribution in [2.24, 2.45) is 0 Å². The van der Waals surface area contributed by atoms with Crippen LogP contribution in [0.25, 0.3) is 5.69 Å². The number of nitrogens with zero attached hydrogens (tertiary/aromatic N) is 4. The molecule has 0 saturated heterocycles. The van der Waals surface area contributed by atoms with E-state index in [0.717, 1.165) is 0 Å². The molecule has 1 heterocycles. The predicted molar refractivity (Wildman–Crippen MR) is 69.9 cm³/mol. The van der Waals surface area contributed by atoms with Gasteiger partial charge in [0, 0.05) is 12.7 Å². The molecule has 1 aromatic carbocycles. The second kappa shape index (κ2) is 6.57. The lowest BCUT2D eigenvalue weighted by atomic mass is 10.2. The smallest absolute Gasteiger partial charge is 0.334 e. The van der Waals surface area contributed by atoms with E-state index in [2.05, 4.69) is 20.8 Å². The number of methoxy groups -OCH3 is 1. The highest BCUT2D eigenvalue weighted by atomic mass is 16.5. The van der Waals surface area contributed by atoms with Crippen molar-refractivity contribution in [3.63, 3.8) is 0 Å². The van der Waals surface area contributed by atoms with E-state index in [1.807, 2.05) is 0 Å². The molecule has 1 atom stereocenters. The molecule has 9 nitrogen and oxygen atoms in total. The van der Waals surface area contributed by atoms with Gasteiger partial charge in [0.15, 0.2) is 6.10 Å². The van der Waals surface area contributed by atoms with E-state index in [4.69, 9.17) is 9.84 Å². The molecule has 21 heavy (non-hydrogen) atoms. The van der Waals surface area contributed by atoms with Gasteiger partial charge in [-0.1, -0.05) is 6.07 Å². The number of carbonyl (C=O) groups excluding carboxylic acids is 1. The third-order valence-electron chi connectivity index (χ3n) is 2.73. The third-order valence-corrected chi connectivity index (χ3v) is 2.73. The molecule has 0 aliphatic heterocycles. The molecule has 0 fully saturated rings. The van der Waals surface area contributed by atoms with E-state index < -0.39 is 18.0 Å². The second-order valence-corrected chi connectivity index (χ2v) is 4.08. The van der Waals surface area contributed by atoms with Crippen molar-refractivity contribution in [2.45, 2.75) is 6.10 Å². The highest BCUT2D eigenvalue weighted by molar-refractivity contribution is 5.95. The average molecular weight is 291 g/mol. The molecule has 0 radical (unpaired) electrons. The van der Waals surface area contributed by atoms with Gasteiger partial charge >= 0.3 is 5.97 Å². The fraction of sp³-hybridized carbons (Fsp3) is 0.250. The van der Waals surface area contributed by atoms with Crippen LogP contribution < -0.4 is 5.32 Å². The van der Waals surface area contributed by atoms with Crippen molar-refractivity contribution in [3.8, 4) is 5.69 Å². The zero-order valence-corrected chi connectivity index (χ0v) is 11.1. The van der Waals surface area contributed by atoms with E-state index in [-0.39, 0.29) is 6.54 Å². The Morgan fingerprint density at radius 2 is 2.29 bits per heavy atom. The molecule has 2 aromatic rings. The summed E-state index contributed by atoms with van der Waals surface area (Å²) in [5.74, 6) is -1.55. The van der Waals surface area contributed by atoms with Crippen molar-refractivity contribution < 1.29 is 19.4 Å². The van der Waals surface area contributed by atoms with Crippen LogP contribution in [0.5, 0.6) is 0 Å². The van der Waals surface area contributed by atoms with Crippen LogP contribution >= 0.6 is 0 Å². The highest BCUT2D eigenvalue weighted by Crippen LogP contribution is 2.08. The van der Waals surface area contributed by atoms with Crippen molar-refractivity contribution in [3.05, 3.63) is 36.2 Å². The van der Waals surface area contributed by atoms with Gasteiger partial charge in [-0.05, 0) is 28.6 Å². The van der Waals surface area contributed by atoms with Gasteiger partial charge in [-0.2, -0.15) is 0 Å². The minimum atomic E-state index is -1.14. The van der Waals surface area contributed by atoms with E-state index in [1.54, 1.807) is 24.3 Å². The first-order chi connectivity index (χ1) is 10.1. The number of tetrazole rings is 1. The number of rotatable bonds is 6. The third kappa shape index (κ3) is 3.60. The summed E-state index contributed by atoms with van der Waals surface area (Å²) in [6.45, 7) is -0.125. The van der Waals surface area contributed by atoms with Gasteiger partial charge in [-0.15, -0.1) is 5.10 Å². The topological polar surface area (TPSA) is 119 Å². The summed E-state index contributed by atoms with van der Waals surface area (Å²) in [5.41, 5.74) is 0.984. The van der Waals surface area contributed by atoms with Gasteiger partial charge in [0.2, 0.25) is 0 Å². The average Bonchev–Trinajstić information content (AvgIpc) is 3.01. The molecule has 110 valence electrons. The monoisotopic (exact) mass is 291 g/mol. The van der Waals surface area contributed by atoms with Crippen LogP contribution in [0, 0.1) is 0 Å². The van der Waals surface area contributed by atoms with Gasteiger partial charge in [0.05, 0.1) is 12.2 Å². The van der Waals surface area contributed by atoms with Crippen molar-refractivity contribution in [2.75, 3.05) is 13.7 Å². The number of benzene rings is 1. The van der Waals surface area contributed by atoms with E-state index in [0.29, 0.717) is 11.3 Å². The van der Waals surface area contributed by atoms with Gasteiger partial charge < -0.3 is 15.2 Å². The van der Waals surface area contributed by atoms with Gasteiger partial charge in [0.25, 0.3) is 5.91 Å². The number of hydrogen-bond acceptors (Lipinski definition) is 6. The molecule has 0 aliphatic rings. The fourth-order valence-corrected chi connectivity index (χ4v) is 1.63. The van der Waals surface area contributed by atoms with Crippen molar-refractivity contribution >= 4 is 11.9 Å². The number of nitrogens with one attached hydrogen (secondary N) is 1. The number of hydrogen-bond donors (Lipinski definition) is 2. The molecule has 0 aliphatic carbocycles. The number of carboxylic acid groups (broad SMARTS) is 1. The number of carbonyl (C=O) groups is 2. The van der Waals surface area contributed by atoms with Gasteiger partial charge in [0.1, 0.15) is 6.33 Å². The normalized spacial score (nSPS) is 11.9. The maximum Gasteiger partial charge on any atom is 0.334 e. The minimum Gasteiger partial charge on any atom is -0.479 e. The first-order valence-corrected chi connectivity index (χ1v) is 5.99. The molecule has 9 heteroatoms. The molecule has 0 saturated carbocycles. The lowest BCUT2D eigenvalue weighted by Crippen LogP contribution is -2.37. The fourth-order valence-electron chi connectivity index (χ4n) is 1.63. The first kappa shape index (κ1) is 14.6. The summed E-state index contributed by atoms with van der Waals surface area (Å²) in [5, 5.41) is 22.1. The summed E-state index contributed by atoms with van der Waals surface area (Å²) in [6, 6.07) is 6.61. The molecule has 1 amide bonds. The number of aliphatic carboxylic acids is 1. The number of amides is 1. The van der Waals surface area contributed by atoms with Crippen LogP contribution in [0.2, 0.25) is 0 Å². The molecule has 1 aromatic heterocycles. The molecule has 2 N–H and O–H groups in total. The maximum atomic E-state index is 12.0. The Balaban J connectivity index is 2.06. The Morgan fingerprint density at radius 1 is 1.48 bits per heavy atom. The molecular formula is C12H13N5O4. The second-order valence-electron chi connectivity index (χ2n) is 4.08. The van der Waals surface area contributed by atoms with Crippen molar-refractivity contribution in [1.82, 2.24) is 25.5 Å². The molecule has 2 rings (SSSR count). The summed E-state index contributed by atoms with van der Waals surface area (Å²) in [6.07, 6.45) is 0.319. The quantitative estimate of drug-likeness (QED) is 0.735. The molecular weight excluding hydrogens is 278 g/mol. The van der Waals surface area contributed by atoms with Crippen molar-refractivity contribution in [1.29, 1.82) is 0 Å². The largest absolute Gasteiger partial charge is 0.479 e. The number of aromatic nitrogens is 4. The van der Waals surface area contributed by atoms with E-state index >= 15 is 0 Å². The Kier molecular flexibility index (Phi) is 4.57. The van der Waals surface area contributed by atoms with Crippen LogP contribution in [-0.4, -0.2) is 56.9 Å². The van der Waals surface area contributed by atoms with Gasteiger partial charge in [-0.25, -0.2) is 9.48 Å². The van der Waals surface area contributed by atoms with E-state index in [1.165, 1.54) is 18.1 Å². The lowest BCUT2D eigenvalue weighted by Gasteiger charge is -2.11. The van der Waals surface area contributed by atoms with Crippen LogP contribution in [0.3, 0.4) is 0 Å². The molecule has 1 unspecified atom stereocenters. The standard InChI is InChI=1S/C12H13N5O4/c1-21-10(12(19)20)6-13-11(18)8-3-2-4-9(5-8)17-7-14-15-16-17/h2-5,7,10H,6H2,1H3,(H,13,18)(H,19,20).